The summed E-state index contributed by atoms with van der Waals surface area (Å²) in [4.78, 5) is 15.8. The highest BCUT2D eigenvalue weighted by Gasteiger charge is 2.22. The van der Waals surface area contributed by atoms with Crippen molar-refractivity contribution in [3.63, 3.8) is 0 Å². The van der Waals surface area contributed by atoms with E-state index in [9.17, 15) is 4.79 Å². The van der Waals surface area contributed by atoms with E-state index >= 15 is 0 Å². The fourth-order valence-corrected chi connectivity index (χ4v) is 2.65. The number of carbonyl (C=O) groups is 1. The van der Waals surface area contributed by atoms with Crippen LogP contribution in [-0.2, 0) is 4.74 Å². The van der Waals surface area contributed by atoms with E-state index in [1.54, 1.807) is 12.3 Å². The third kappa shape index (κ3) is 3.02. The third-order valence-corrected chi connectivity index (χ3v) is 3.32. The summed E-state index contributed by atoms with van der Waals surface area (Å²) >= 11 is 1.52. The Kier molecular flexibility index (Phi) is 4.89. The Bertz CT molecular complexity index is 350. The Morgan fingerprint density at radius 1 is 1.62 bits per heavy atom. The molecule has 5 heteroatoms. The average Bonchev–Trinajstić information content (AvgIpc) is 2.68. The molecule has 0 saturated carbocycles. The molecule has 1 aromatic heterocycles. The summed E-state index contributed by atoms with van der Waals surface area (Å²) in [5, 5.41) is 4.88. The number of carbonyl (C=O) groups excluding carboxylic acids is 1. The fourth-order valence-electron chi connectivity index (χ4n) is 1.55. The van der Waals surface area contributed by atoms with Gasteiger partial charge in [-0.15, -0.1) is 11.3 Å². The van der Waals surface area contributed by atoms with Crippen LogP contribution in [-0.4, -0.2) is 24.6 Å². The van der Waals surface area contributed by atoms with E-state index < -0.39 is 0 Å². The number of esters is 1. The fraction of sp³-hybridized carbons (Fsp3) is 0.636. The van der Waals surface area contributed by atoms with Gasteiger partial charge in [-0.3, -0.25) is 0 Å². The molecule has 1 unspecified atom stereocenters. The molecule has 1 aromatic rings. The highest BCUT2D eigenvalue weighted by molar-refractivity contribution is 7.09. The number of rotatable bonds is 5. The van der Waals surface area contributed by atoms with Crippen molar-refractivity contribution in [2.75, 3.05) is 13.7 Å². The van der Waals surface area contributed by atoms with Crippen LogP contribution in [0.15, 0.2) is 5.38 Å². The number of thiazole rings is 1. The Hall–Kier alpha value is -0.940. The van der Waals surface area contributed by atoms with Gasteiger partial charge in [0.2, 0.25) is 0 Å². The first-order valence-corrected chi connectivity index (χ1v) is 6.40. The maximum absolute atomic E-state index is 11.5. The molecule has 0 aliphatic heterocycles. The molecule has 0 bridgehead atoms. The number of nitrogens with two attached hydrogens (primary N) is 1. The minimum atomic E-state index is -0.330. The Labute approximate surface area is 100 Å². The lowest BCUT2D eigenvalue weighted by atomic mass is 10.1. The monoisotopic (exact) mass is 243 g/mol. The molecular formula is C11H19N2O2S+. The van der Waals surface area contributed by atoms with Crippen molar-refractivity contribution in [1.29, 1.82) is 0 Å². The molecule has 1 rings (SSSR count). The van der Waals surface area contributed by atoms with Gasteiger partial charge < -0.3 is 10.1 Å². The molecule has 0 spiro atoms. The lowest BCUT2D eigenvalue weighted by Gasteiger charge is -2.13. The second-order valence-corrected chi connectivity index (χ2v) is 4.78. The van der Waals surface area contributed by atoms with Gasteiger partial charge in [0, 0.05) is 11.3 Å². The molecule has 2 N–H and O–H groups in total. The van der Waals surface area contributed by atoms with Gasteiger partial charge in [-0.25, -0.2) is 9.78 Å². The molecule has 0 aliphatic rings. The standard InChI is InChI=1S/C11H18N2O2S/c1-5-15-11(14)8-6-16-10(13-8)9(12-4)7(2)3/h6-7,9,12H,5H2,1-4H3/p+1. The maximum Gasteiger partial charge on any atom is 0.357 e. The van der Waals surface area contributed by atoms with E-state index in [4.69, 9.17) is 4.74 Å². The summed E-state index contributed by atoms with van der Waals surface area (Å²) in [6, 6.07) is 0.313. The molecule has 1 heterocycles. The SMILES string of the molecule is CCOC(=O)c1csc(C([NH2+]C)C(C)C)n1. The summed E-state index contributed by atoms with van der Waals surface area (Å²) < 4.78 is 4.91. The van der Waals surface area contributed by atoms with Gasteiger partial charge in [0.25, 0.3) is 0 Å². The topological polar surface area (TPSA) is 55.8 Å². The molecule has 1 atom stereocenters. The van der Waals surface area contributed by atoms with Gasteiger partial charge in [0.1, 0.15) is 6.04 Å². The van der Waals surface area contributed by atoms with Crippen LogP contribution in [0.5, 0.6) is 0 Å². The first kappa shape index (κ1) is 13.1. The van der Waals surface area contributed by atoms with Crippen LogP contribution in [0.1, 0.15) is 42.3 Å². The lowest BCUT2D eigenvalue weighted by Crippen LogP contribution is -2.82. The molecular weight excluding hydrogens is 224 g/mol. The van der Waals surface area contributed by atoms with E-state index in [1.807, 2.05) is 7.05 Å². The van der Waals surface area contributed by atoms with Gasteiger partial charge in [0.05, 0.1) is 13.7 Å². The second kappa shape index (κ2) is 5.96. The van der Waals surface area contributed by atoms with Gasteiger partial charge in [-0.1, -0.05) is 13.8 Å². The number of quaternary nitrogens is 1. The number of ether oxygens (including phenoxy) is 1. The minimum absolute atomic E-state index is 0.313. The third-order valence-electron chi connectivity index (χ3n) is 2.37. The average molecular weight is 243 g/mol. The molecule has 0 amide bonds. The highest BCUT2D eigenvalue weighted by atomic mass is 32.1. The molecule has 0 aromatic carbocycles. The summed E-state index contributed by atoms with van der Waals surface area (Å²) in [5.74, 6) is 0.162. The molecule has 16 heavy (non-hydrogen) atoms. The quantitative estimate of drug-likeness (QED) is 0.791. The van der Waals surface area contributed by atoms with Crippen LogP contribution in [0.4, 0.5) is 0 Å². The number of nitrogens with zero attached hydrogens (tertiary/aromatic N) is 1. The van der Waals surface area contributed by atoms with Crippen LogP contribution in [0.3, 0.4) is 0 Å². The summed E-state index contributed by atoms with van der Waals surface area (Å²) in [6.45, 7) is 6.48. The van der Waals surface area contributed by atoms with Crippen molar-refractivity contribution < 1.29 is 14.8 Å². The summed E-state index contributed by atoms with van der Waals surface area (Å²) in [5.41, 5.74) is 0.425. The normalized spacial score (nSPS) is 12.8. The number of hydrogen-bond donors (Lipinski definition) is 1. The summed E-state index contributed by atoms with van der Waals surface area (Å²) in [7, 11) is 2.02. The van der Waals surface area contributed by atoms with Crippen LogP contribution in [0, 0.1) is 5.92 Å². The first-order valence-electron chi connectivity index (χ1n) is 5.52. The van der Waals surface area contributed by atoms with E-state index in [0.717, 1.165) is 5.01 Å². The van der Waals surface area contributed by atoms with Crippen molar-refractivity contribution in [3.05, 3.63) is 16.1 Å². The Morgan fingerprint density at radius 2 is 2.31 bits per heavy atom. The largest absolute Gasteiger partial charge is 0.461 e. The van der Waals surface area contributed by atoms with Crippen molar-refractivity contribution in [1.82, 2.24) is 4.98 Å². The van der Waals surface area contributed by atoms with Gasteiger partial charge >= 0.3 is 5.97 Å². The van der Waals surface area contributed by atoms with E-state index in [0.29, 0.717) is 24.3 Å². The van der Waals surface area contributed by atoms with E-state index in [2.05, 4.69) is 24.1 Å². The smallest absolute Gasteiger partial charge is 0.357 e. The van der Waals surface area contributed by atoms with Crippen LogP contribution in [0.2, 0.25) is 0 Å². The predicted molar refractivity (Wildman–Crippen MR) is 63.5 cm³/mol. The van der Waals surface area contributed by atoms with E-state index in [1.165, 1.54) is 11.3 Å². The highest BCUT2D eigenvalue weighted by Crippen LogP contribution is 2.21. The predicted octanol–water partition coefficient (Wildman–Crippen LogP) is 1.21. The lowest BCUT2D eigenvalue weighted by molar-refractivity contribution is -0.676. The molecule has 4 nitrogen and oxygen atoms in total. The van der Waals surface area contributed by atoms with Crippen molar-refractivity contribution in [2.45, 2.75) is 26.8 Å². The van der Waals surface area contributed by atoms with Crippen molar-refractivity contribution >= 4 is 17.3 Å². The Morgan fingerprint density at radius 3 is 2.81 bits per heavy atom. The van der Waals surface area contributed by atoms with Gasteiger partial charge in [-0.05, 0) is 6.92 Å². The second-order valence-electron chi connectivity index (χ2n) is 3.89. The van der Waals surface area contributed by atoms with Gasteiger partial charge in [-0.2, -0.15) is 0 Å². The van der Waals surface area contributed by atoms with Crippen LogP contribution in [0.25, 0.3) is 0 Å². The Balaban J connectivity index is 2.81. The van der Waals surface area contributed by atoms with Crippen LogP contribution < -0.4 is 5.32 Å². The summed E-state index contributed by atoms with van der Waals surface area (Å²) in [6.07, 6.45) is 0. The van der Waals surface area contributed by atoms with E-state index in [-0.39, 0.29) is 5.97 Å². The molecule has 90 valence electrons. The number of aromatic nitrogens is 1. The number of hydrogen-bond acceptors (Lipinski definition) is 4. The molecule has 0 saturated heterocycles. The maximum atomic E-state index is 11.5. The van der Waals surface area contributed by atoms with Crippen LogP contribution >= 0.6 is 11.3 Å². The van der Waals surface area contributed by atoms with Crippen molar-refractivity contribution in [2.24, 2.45) is 5.92 Å². The zero-order valence-electron chi connectivity index (χ0n) is 10.2. The molecule has 0 aliphatic carbocycles. The zero-order valence-corrected chi connectivity index (χ0v) is 11.0. The molecule has 0 fully saturated rings. The van der Waals surface area contributed by atoms with Gasteiger partial charge in [0.15, 0.2) is 10.7 Å². The zero-order chi connectivity index (χ0) is 12.1. The first-order chi connectivity index (χ1) is 7.60. The minimum Gasteiger partial charge on any atom is -0.461 e. The van der Waals surface area contributed by atoms with Crippen molar-refractivity contribution in [3.8, 4) is 0 Å². The molecule has 0 radical (unpaired) electrons.